The van der Waals surface area contributed by atoms with Gasteiger partial charge in [0.1, 0.15) is 6.04 Å². The van der Waals surface area contributed by atoms with Gasteiger partial charge in [-0.05, 0) is 13.8 Å². The molecule has 1 aromatic heterocycles. The third-order valence-electron chi connectivity index (χ3n) is 1.93. The van der Waals surface area contributed by atoms with Crippen molar-refractivity contribution < 1.29 is 14.7 Å². The fourth-order valence-electron chi connectivity index (χ4n) is 1.03. The standard InChI is InChI=1S/C9H14N4O3/c1-3-13-5-7(4-10-13)12-9(16)11-6(2)8(14)15/h4-6H,3H2,1-2H3,(H,14,15)(H2,11,12,16)/t6-/m0/s1. The van der Waals surface area contributed by atoms with Gasteiger partial charge in [-0.25, -0.2) is 4.79 Å². The Morgan fingerprint density at radius 1 is 1.62 bits per heavy atom. The zero-order valence-electron chi connectivity index (χ0n) is 9.10. The van der Waals surface area contributed by atoms with E-state index >= 15 is 0 Å². The summed E-state index contributed by atoms with van der Waals surface area (Å²) < 4.78 is 1.65. The molecule has 1 heterocycles. The Bertz CT molecular complexity index is 388. The lowest BCUT2D eigenvalue weighted by Gasteiger charge is -2.09. The third-order valence-corrected chi connectivity index (χ3v) is 1.93. The minimum atomic E-state index is -1.08. The molecule has 0 aliphatic carbocycles. The van der Waals surface area contributed by atoms with Crippen molar-refractivity contribution in [3.8, 4) is 0 Å². The molecule has 7 nitrogen and oxygen atoms in total. The van der Waals surface area contributed by atoms with E-state index in [0.29, 0.717) is 12.2 Å². The predicted molar refractivity (Wildman–Crippen MR) is 57.2 cm³/mol. The van der Waals surface area contributed by atoms with E-state index in [1.807, 2.05) is 6.92 Å². The molecular weight excluding hydrogens is 212 g/mol. The van der Waals surface area contributed by atoms with E-state index in [1.54, 1.807) is 10.9 Å². The summed E-state index contributed by atoms with van der Waals surface area (Å²) in [6.45, 7) is 4.01. The molecule has 0 spiro atoms. The van der Waals surface area contributed by atoms with Gasteiger partial charge in [0, 0.05) is 12.7 Å². The molecule has 1 atom stereocenters. The Kier molecular flexibility index (Phi) is 3.87. The van der Waals surface area contributed by atoms with Gasteiger partial charge < -0.3 is 15.7 Å². The minimum Gasteiger partial charge on any atom is -0.480 e. The summed E-state index contributed by atoms with van der Waals surface area (Å²) in [6, 6.07) is -1.49. The normalized spacial score (nSPS) is 11.9. The van der Waals surface area contributed by atoms with E-state index in [4.69, 9.17) is 5.11 Å². The summed E-state index contributed by atoms with van der Waals surface area (Å²) >= 11 is 0. The van der Waals surface area contributed by atoms with Crippen LogP contribution >= 0.6 is 0 Å². The minimum absolute atomic E-state index is 0.525. The maximum absolute atomic E-state index is 11.3. The van der Waals surface area contributed by atoms with E-state index in [9.17, 15) is 9.59 Å². The lowest BCUT2D eigenvalue weighted by atomic mass is 10.3. The number of rotatable bonds is 4. The van der Waals surface area contributed by atoms with E-state index in [1.165, 1.54) is 13.1 Å². The molecule has 0 unspecified atom stereocenters. The van der Waals surface area contributed by atoms with Gasteiger partial charge in [-0.3, -0.25) is 9.48 Å². The van der Waals surface area contributed by atoms with Gasteiger partial charge in [-0.1, -0.05) is 0 Å². The van der Waals surface area contributed by atoms with Gasteiger partial charge in [0.15, 0.2) is 0 Å². The van der Waals surface area contributed by atoms with Gasteiger partial charge >= 0.3 is 12.0 Å². The van der Waals surface area contributed by atoms with Crippen molar-refractivity contribution in [2.75, 3.05) is 5.32 Å². The zero-order valence-corrected chi connectivity index (χ0v) is 9.10. The van der Waals surface area contributed by atoms with Gasteiger partial charge in [0.2, 0.25) is 0 Å². The second-order valence-electron chi connectivity index (χ2n) is 3.24. The summed E-state index contributed by atoms with van der Waals surface area (Å²) in [5.74, 6) is -1.08. The zero-order chi connectivity index (χ0) is 12.1. The molecule has 0 fully saturated rings. The Morgan fingerprint density at radius 2 is 2.31 bits per heavy atom. The quantitative estimate of drug-likeness (QED) is 0.696. The van der Waals surface area contributed by atoms with Crippen LogP contribution in [0.4, 0.5) is 10.5 Å². The molecule has 88 valence electrons. The molecule has 16 heavy (non-hydrogen) atoms. The van der Waals surface area contributed by atoms with Crippen molar-refractivity contribution in [1.82, 2.24) is 15.1 Å². The number of nitrogens with zero attached hydrogens (tertiary/aromatic N) is 2. The monoisotopic (exact) mass is 226 g/mol. The molecule has 0 bridgehead atoms. The molecule has 0 aromatic carbocycles. The van der Waals surface area contributed by atoms with E-state index in [0.717, 1.165) is 0 Å². The number of hydrogen-bond donors (Lipinski definition) is 3. The number of carbonyl (C=O) groups excluding carboxylic acids is 1. The van der Waals surface area contributed by atoms with Crippen LogP contribution in [0.15, 0.2) is 12.4 Å². The summed E-state index contributed by atoms with van der Waals surface area (Å²) in [4.78, 5) is 21.8. The van der Waals surface area contributed by atoms with Crippen molar-refractivity contribution >= 4 is 17.7 Å². The molecule has 3 N–H and O–H groups in total. The Hall–Kier alpha value is -2.05. The molecule has 7 heteroatoms. The number of nitrogens with one attached hydrogen (secondary N) is 2. The number of aliphatic carboxylic acids is 1. The van der Waals surface area contributed by atoms with Gasteiger partial charge in [-0.2, -0.15) is 5.10 Å². The van der Waals surface area contributed by atoms with Crippen LogP contribution in [0.3, 0.4) is 0 Å². The summed E-state index contributed by atoms with van der Waals surface area (Å²) in [6.07, 6.45) is 3.15. The first-order valence-electron chi connectivity index (χ1n) is 4.85. The van der Waals surface area contributed by atoms with Crippen molar-refractivity contribution in [1.29, 1.82) is 0 Å². The topological polar surface area (TPSA) is 96.2 Å². The molecule has 2 amide bonds. The van der Waals surface area contributed by atoms with Crippen molar-refractivity contribution in [3.05, 3.63) is 12.4 Å². The van der Waals surface area contributed by atoms with E-state index in [-0.39, 0.29) is 0 Å². The van der Waals surface area contributed by atoms with Gasteiger partial charge in [0.05, 0.1) is 11.9 Å². The Labute approximate surface area is 92.4 Å². The van der Waals surface area contributed by atoms with Crippen LogP contribution in [0, 0.1) is 0 Å². The number of carboxylic acid groups (broad SMARTS) is 1. The van der Waals surface area contributed by atoms with E-state index < -0.39 is 18.0 Å². The fraction of sp³-hybridized carbons (Fsp3) is 0.444. The summed E-state index contributed by atoms with van der Waals surface area (Å²) in [5.41, 5.74) is 0.525. The van der Waals surface area contributed by atoms with Crippen molar-refractivity contribution in [2.24, 2.45) is 0 Å². The molecule has 0 saturated heterocycles. The highest BCUT2D eigenvalue weighted by Gasteiger charge is 2.13. The van der Waals surface area contributed by atoms with Crippen LogP contribution in [0.1, 0.15) is 13.8 Å². The average Bonchev–Trinajstić information content (AvgIpc) is 2.65. The van der Waals surface area contributed by atoms with Gasteiger partial charge in [-0.15, -0.1) is 0 Å². The maximum atomic E-state index is 11.3. The molecule has 0 aliphatic rings. The average molecular weight is 226 g/mol. The molecule has 0 radical (unpaired) electrons. The molecule has 1 aromatic rings. The van der Waals surface area contributed by atoms with Crippen molar-refractivity contribution in [2.45, 2.75) is 26.4 Å². The molecule has 0 saturated carbocycles. The molecule has 0 aliphatic heterocycles. The number of carbonyl (C=O) groups is 2. The van der Waals surface area contributed by atoms with Crippen LogP contribution in [-0.2, 0) is 11.3 Å². The number of aromatic nitrogens is 2. The first-order chi connectivity index (χ1) is 7.52. The van der Waals surface area contributed by atoms with Gasteiger partial charge in [0.25, 0.3) is 0 Å². The number of aryl methyl sites for hydroxylation is 1. The largest absolute Gasteiger partial charge is 0.480 e. The Morgan fingerprint density at radius 3 is 2.81 bits per heavy atom. The van der Waals surface area contributed by atoms with E-state index in [2.05, 4.69) is 15.7 Å². The number of amides is 2. The van der Waals surface area contributed by atoms with Crippen molar-refractivity contribution in [3.63, 3.8) is 0 Å². The fourth-order valence-corrected chi connectivity index (χ4v) is 1.03. The number of anilines is 1. The summed E-state index contributed by atoms with van der Waals surface area (Å²) in [7, 11) is 0. The van der Waals surface area contributed by atoms with Crippen LogP contribution in [0.5, 0.6) is 0 Å². The lowest BCUT2D eigenvalue weighted by Crippen LogP contribution is -2.40. The first-order valence-corrected chi connectivity index (χ1v) is 4.85. The van der Waals surface area contributed by atoms with Crippen LogP contribution in [0.25, 0.3) is 0 Å². The highest BCUT2D eigenvalue weighted by atomic mass is 16.4. The number of hydrogen-bond acceptors (Lipinski definition) is 3. The van der Waals surface area contributed by atoms with Crippen LogP contribution < -0.4 is 10.6 Å². The third kappa shape index (κ3) is 3.26. The second-order valence-corrected chi connectivity index (χ2v) is 3.24. The van der Waals surface area contributed by atoms with Crippen LogP contribution in [0.2, 0.25) is 0 Å². The summed E-state index contributed by atoms with van der Waals surface area (Å²) in [5, 5.41) is 17.3. The highest BCUT2D eigenvalue weighted by Crippen LogP contribution is 2.04. The predicted octanol–water partition coefficient (Wildman–Crippen LogP) is 0.498. The molecule has 1 rings (SSSR count). The Balaban J connectivity index is 2.48. The SMILES string of the molecule is CCn1cc(NC(=O)N[C@@H](C)C(=O)O)cn1. The first kappa shape index (κ1) is 12.0. The molecular formula is C9H14N4O3. The smallest absolute Gasteiger partial charge is 0.325 e. The van der Waals surface area contributed by atoms with Crippen LogP contribution in [-0.4, -0.2) is 32.9 Å². The number of carboxylic acids is 1. The maximum Gasteiger partial charge on any atom is 0.325 e. The second kappa shape index (κ2) is 5.15. The number of urea groups is 1. The lowest BCUT2D eigenvalue weighted by molar-refractivity contribution is -0.138. The highest BCUT2D eigenvalue weighted by molar-refractivity contribution is 5.91.